The summed E-state index contributed by atoms with van der Waals surface area (Å²) in [4.78, 5) is 11.8. The molecule has 0 spiro atoms. The quantitative estimate of drug-likeness (QED) is 0.647. The van der Waals surface area contributed by atoms with Crippen molar-refractivity contribution in [1.29, 1.82) is 0 Å². The molecule has 80 valence electrons. The van der Waals surface area contributed by atoms with Gasteiger partial charge in [0.25, 0.3) is 0 Å². The van der Waals surface area contributed by atoms with E-state index in [2.05, 4.69) is 13.8 Å². The number of rotatable bonds is 1. The van der Waals surface area contributed by atoms with Gasteiger partial charge in [0.2, 0.25) is 0 Å². The van der Waals surface area contributed by atoms with E-state index in [1.165, 1.54) is 7.11 Å². The van der Waals surface area contributed by atoms with E-state index in [1.807, 2.05) is 0 Å². The van der Waals surface area contributed by atoms with Crippen LogP contribution in [0.5, 0.6) is 0 Å². The van der Waals surface area contributed by atoms with E-state index in [1.54, 1.807) is 0 Å². The highest BCUT2D eigenvalue weighted by Gasteiger charge is 2.68. The van der Waals surface area contributed by atoms with Gasteiger partial charge in [-0.25, -0.2) is 0 Å². The molecular formula is C11H18O3. The Morgan fingerprint density at radius 2 is 2.14 bits per heavy atom. The summed E-state index contributed by atoms with van der Waals surface area (Å²) >= 11 is 0. The smallest absolute Gasteiger partial charge is 0.314 e. The number of aliphatic hydroxyl groups excluding tert-OH is 1. The van der Waals surface area contributed by atoms with Crippen molar-refractivity contribution in [3.05, 3.63) is 0 Å². The molecule has 0 amide bonds. The molecular weight excluding hydrogens is 180 g/mol. The molecule has 2 saturated carbocycles. The molecule has 2 bridgehead atoms. The Morgan fingerprint density at radius 1 is 1.50 bits per heavy atom. The molecule has 3 atom stereocenters. The van der Waals surface area contributed by atoms with Crippen LogP contribution in [0.15, 0.2) is 0 Å². The van der Waals surface area contributed by atoms with Gasteiger partial charge < -0.3 is 9.84 Å². The number of esters is 1. The molecule has 0 aromatic heterocycles. The second-order valence-electron chi connectivity index (χ2n) is 5.17. The van der Waals surface area contributed by atoms with E-state index < -0.39 is 11.5 Å². The summed E-state index contributed by atoms with van der Waals surface area (Å²) in [5, 5.41) is 10.0. The van der Waals surface area contributed by atoms with E-state index in [0.717, 1.165) is 19.3 Å². The van der Waals surface area contributed by atoms with Gasteiger partial charge in [0.05, 0.1) is 18.6 Å². The average molecular weight is 198 g/mol. The number of carbonyl (C=O) groups is 1. The van der Waals surface area contributed by atoms with Gasteiger partial charge in [-0.2, -0.15) is 0 Å². The van der Waals surface area contributed by atoms with Crippen molar-refractivity contribution < 1.29 is 14.6 Å². The Labute approximate surface area is 84.4 Å². The average Bonchev–Trinajstić information content (AvgIpc) is 2.49. The first-order valence-electron chi connectivity index (χ1n) is 5.23. The van der Waals surface area contributed by atoms with Crippen LogP contribution in [-0.2, 0) is 9.53 Å². The second kappa shape index (κ2) is 2.72. The highest BCUT2D eigenvalue weighted by Crippen LogP contribution is 2.66. The number of carbonyl (C=O) groups excluding carboxylic acids is 1. The van der Waals surface area contributed by atoms with Gasteiger partial charge in [-0.05, 0) is 30.6 Å². The van der Waals surface area contributed by atoms with Gasteiger partial charge in [-0.15, -0.1) is 0 Å². The van der Waals surface area contributed by atoms with Crippen LogP contribution in [0.1, 0.15) is 33.1 Å². The van der Waals surface area contributed by atoms with Gasteiger partial charge in [0, 0.05) is 0 Å². The number of fused-ring (bicyclic) bond motifs is 2. The van der Waals surface area contributed by atoms with Gasteiger partial charge in [0.1, 0.15) is 0 Å². The molecule has 3 heteroatoms. The number of aliphatic hydroxyl groups is 1. The summed E-state index contributed by atoms with van der Waals surface area (Å²) in [6.45, 7) is 4.16. The fourth-order valence-corrected chi connectivity index (χ4v) is 3.61. The summed E-state index contributed by atoms with van der Waals surface area (Å²) in [6, 6.07) is 0. The number of hydrogen-bond donors (Lipinski definition) is 1. The van der Waals surface area contributed by atoms with Gasteiger partial charge in [-0.3, -0.25) is 4.79 Å². The van der Waals surface area contributed by atoms with E-state index in [-0.39, 0.29) is 11.4 Å². The Morgan fingerprint density at radius 3 is 2.50 bits per heavy atom. The fourth-order valence-electron chi connectivity index (χ4n) is 3.61. The van der Waals surface area contributed by atoms with Gasteiger partial charge in [0.15, 0.2) is 0 Å². The van der Waals surface area contributed by atoms with Crippen LogP contribution in [0.3, 0.4) is 0 Å². The number of hydrogen-bond acceptors (Lipinski definition) is 3. The maximum absolute atomic E-state index is 11.8. The zero-order valence-electron chi connectivity index (χ0n) is 9.04. The minimum absolute atomic E-state index is 0.112. The zero-order valence-corrected chi connectivity index (χ0v) is 9.04. The van der Waals surface area contributed by atoms with Crippen LogP contribution in [0, 0.1) is 16.7 Å². The van der Waals surface area contributed by atoms with Crippen LogP contribution < -0.4 is 0 Å². The predicted octanol–water partition coefficient (Wildman–Crippen LogP) is 1.35. The van der Waals surface area contributed by atoms with E-state index in [9.17, 15) is 9.90 Å². The molecule has 0 aromatic carbocycles. The van der Waals surface area contributed by atoms with Crippen molar-refractivity contribution in [3.8, 4) is 0 Å². The monoisotopic (exact) mass is 198 g/mol. The third-order valence-electron chi connectivity index (χ3n) is 4.68. The van der Waals surface area contributed by atoms with Crippen molar-refractivity contribution >= 4 is 5.97 Å². The Balaban J connectivity index is 2.44. The number of methoxy groups -OCH3 is 1. The summed E-state index contributed by atoms with van der Waals surface area (Å²) in [6.07, 6.45) is 2.06. The molecule has 2 fully saturated rings. The Hall–Kier alpha value is -0.570. The van der Waals surface area contributed by atoms with Crippen molar-refractivity contribution in [2.24, 2.45) is 16.7 Å². The summed E-state index contributed by atoms with van der Waals surface area (Å²) in [5.74, 6) is 0.242. The molecule has 2 aliphatic carbocycles. The molecule has 3 nitrogen and oxygen atoms in total. The highest BCUT2D eigenvalue weighted by molar-refractivity contribution is 5.80. The lowest BCUT2D eigenvalue weighted by atomic mass is 9.68. The molecule has 0 aromatic rings. The van der Waals surface area contributed by atoms with Crippen LogP contribution in [0.4, 0.5) is 0 Å². The first-order valence-corrected chi connectivity index (χ1v) is 5.23. The van der Waals surface area contributed by atoms with E-state index in [0.29, 0.717) is 5.92 Å². The topological polar surface area (TPSA) is 46.5 Å². The first-order chi connectivity index (χ1) is 6.46. The van der Waals surface area contributed by atoms with Crippen molar-refractivity contribution in [2.75, 3.05) is 7.11 Å². The molecule has 14 heavy (non-hydrogen) atoms. The van der Waals surface area contributed by atoms with Crippen molar-refractivity contribution in [3.63, 3.8) is 0 Å². The molecule has 2 rings (SSSR count). The summed E-state index contributed by atoms with van der Waals surface area (Å²) in [7, 11) is 1.41. The largest absolute Gasteiger partial charge is 0.469 e. The highest BCUT2D eigenvalue weighted by atomic mass is 16.5. The Kier molecular flexibility index (Phi) is 1.94. The van der Waals surface area contributed by atoms with Crippen LogP contribution in [-0.4, -0.2) is 24.3 Å². The minimum Gasteiger partial charge on any atom is -0.469 e. The third kappa shape index (κ3) is 0.842. The predicted molar refractivity (Wildman–Crippen MR) is 51.6 cm³/mol. The molecule has 0 heterocycles. The summed E-state index contributed by atoms with van der Waals surface area (Å²) < 4.78 is 4.86. The molecule has 1 N–H and O–H groups in total. The summed E-state index contributed by atoms with van der Waals surface area (Å²) in [5.41, 5.74) is -0.744. The minimum atomic E-state index is -0.633. The van der Waals surface area contributed by atoms with Gasteiger partial charge >= 0.3 is 5.97 Å². The van der Waals surface area contributed by atoms with Gasteiger partial charge in [-0.1, -0.05) is 13.8 Å². The molecule has 0 radical (unpaired) electrons. The van der Waals surface area contributed by atoms with Crippen molar-refractivity contribution in [2.45, 2.75) is 39.2 Å². The normalized spacial score (nSPS) is 44.0. The second-order valence-corrected chi connectivity index (χ2v) is 5.17. The SMILES string of the molecule is COC(=O)[C@]12CC[C@H](CC1O)C2(C)C. The lowest BCUT2D eigenvalue weighted by Crippen LogP contribution is -2.46. The van der Waals surface area contributed by atoms with Crippen LogP contribution in [0.25, 0.3) is 0 Å². The third-order valence-corrected chi connectivity index (χ3v) is 4.68. The maximum atomic E-state index is 11.8. The van der Waals surface area contributed by atoms with Crippen LogP contribution in [0.2, 0.25) is 0 Å². The van der Waals surface area contributed by atoms with E-state index in [4.69, 9.17) is 4.74 Å². The Bertz CT molecular complexity index is 272. The van der Waals surface area contributed by atoms with E-state index >= 15 is 0 Å². The standard InChI is InChI=1S/C11H18O3/c1-10(2)7-4-5-11(10,8(12)6-7)9(13)14-3/h7-8,12H,4-6H2,1-3H3/t7-,8?,11+/m1/s1. The fraction of sp³-hybridized carbons (Fsp3) is 0.909. The number of ether oxygens (including phenoxy) is 1. The molecule has 1 unspecified atom stereocenters. The first kappa shape index (κ1) is 9.97. The van der Waals surface area contributed by atoms with Crippen molar-refractivity contribution in [1.82, 2.24) is 0 Å². The molecule has 0 saturated heterocycles. The molecule has 0 aliphatic heterocycles. The maximum Gasteiger partial charge on any atom is 0.314 e. The lowest BCUT2D eigenvalue weighted by molar-refractivity contribution is -0.165. The zero-order chi connectivity index (χ0) is 10.6. The lowest BCUT2D eigenvalue weighted by Gasteiger charge is -2.37. The molecule has 2 aliphatic rings. The van der Waals surface area contributed by atoms with Crippen LogP contribution >= 0.6 is 0 Å².